The lowest BCUT2D eigenvalue weighted by Gasteiger charge is -2.28. The highest BCUT2D eigenvalue weighted by atomic mass is 32.1. The number of aromatic nitrogens is 1. The van der Waals surface area contributed by atoms with Crippen LogP contribution in [0, 0.1) is 0 Å². The lowest BCUT2D eigenvalue weighted by molar-refractivity contribution is 0.0740. The fraction of sp³-hybridized carbons (Fsp3) is 0.300. The van der Waals surface area contributed by atoms with Gasteiger partial charge in [0.2, 0.25) is 0 Å². The molecule has 1 aromatic carbocycles. The van der Waals surface area contributed by atoms with Crippen LogP contribution in [0.2, 0.25) is 0 Å². The van der Waals surface area contributed by atoms with E-state index in [1.54, 1.807) is 0 Å². The predicted octanol–water partition coefficient (Wildman–Crippen LogP) is 4.03. The number of carbonyl (C=O) groups excluding carboxylic acids is 1. The highest BCUT2D eigenvalue weighted by Crippen LogP contribution is 2.34. The molecule has 0 fully saturated rings. The van der Waals surface area contributed by atoms with Gasteiger partial charge in [0, 0.05) is 24.2 Å². The fourth-order valence-corrected chi connectivity index (χ4v) is 4.48. The first-order chi connectivity index (χ1) is 12.2. The lowest BCUT2D eigenvalue weighted by Crippen LogP contribution is -2.35. The number of nitrogens with two attached hydrogens (primary N) is 1. The Kier molecular flexibility index (Phi) is 4.17. The van der Waals surface area contributed by atoms with Crippen LogP contribution in [-0.4, -0.2) is 22.3 Å². The minimum Gasteiger partial charge on any atom is -0.397 e. The Morgan fingerprint density at radius 2 is 2.04 bits per heavy atom. The molecule has 0 radical (unpaired) electrons. The average Bonchev–Trinajstić information content (AvgIpc) is 2.97. The minimum absolute atomic E-state index is 0.0204. The summed E-state index contributed by atoms with van der Waals surface area (Å²) in [6, 6.07) is 12.3. The SMILES string of the molecule is CCCc1ccc2c(N)c(C(=O)N3CCc4ccccc4C3)sc2n1. The molecule has 128 valence electrons. The first-order valence-corrected chi connectivity index (χ1v) is 9.53. The summed E-state index contributed by atoms with van der Waals surface area (Å²) in [5.41, 5.74) is 10.5. The zero-order valence-corrected chi connectivity index (χ0v) is 15.1. The molecule has 3 aromatic rings. The van der Waals surface area contributed by atoms with Crippen LogP contribution in [-0.2, 0) is 19.4 Å². The van der Waals surface area contributed by atoms with Gasteiger partial charge in [-0.3, -0.25) is 4.79 Å². The van der Waals surface area contributed by atoms with Crippen molar-refractivity contribution in [3.05, 3.63) is 58.1 Å². The molecule has 0 unspecified atom stereocenters. The summed E-state index contributed by atoms with van der Waals surface area (Å²) < 4.78 is 0. The number of rotatable bonds is 3. The van der Waals surface area contributed by atoms with Crippen LogP contribution in [0.15, 0.2) is 36.4 Å². The first-order valence-electron chi connectivity index (χ1n) is 8.71. The predicted molar refractivity (Wildman–Crippen MR) is 103 cm³/mol. The van der Waals surface area contributed by atoms with Gasteiger partial charge in [-0.25, -0.2) is 4.98 Å². The van der Waals surface area contributed by atoms with Crippen LogP contribution >= 0.6 is 11.3 Å². The summed E-state index contributed by atoms with van der Waals surface area (Å²) in [5, 5.41) is 0.894. The van der Waals surface area contributed by atoms with Gasteiger partial charge < -0.3 is 10.6 Å². The molecule has 1 aliphatic heterocycles. The molecule has 0 atom stereocenters. The zero-order chi connectivity index (χ0) is 17.4. The van der Waals surface area contributed by atoms with Gasteiger partial charge in [-0.05, 0) is 36.1 Å². The molecule has 3 heterocycles. The maximum absolute atomic E-state index is 13.0. The molecule has 0 aliphatic carbocycles. The molecule has 25 heavy (non-hydrogen) atoms. The molecular weight excluding hydrogens is 330 g/mol. The molecule has 0 saturated heterocycles. The van der Waals surface area contributed by atoms with E-state index in [1.165, 1.54) is 22.5 Å². The zero-order valence-electron chi connectivity index (χ0n) is 14.3. The Labute approximate surface area is 151 Å². The molecule has 4 nitrogen and oxygen atoms in total. The van der Waals surface area contributed by atoms with E-state index < -0.39 is 0 Å². The molecule has 2 N–H and O–H groups in total. The molecule has 5 heteroatoms. The number of pyridine rings is 1. The van der Waals surface area contributed by atoms with E-state index in [0.717, 1.165) is 41.7 Å². The molecule has 2 aromatic heterocycles. The van der Waals surface area contributed by atoms with Crippen LogP contribution in [0.1, 0.15) is 39.8 Å². The fourth-order valence-electron chi connectivity index (χ4n) is 3.40. The van der Waals surface area contributed by atoms with Gasteiger partial charge in [0.25, 0.3) is 5.91 Å². The van der Waals surface area contributed by atoms with Gasteiger partial charge in [0.1, 0.15) is 9.71 Å². The summed E-state index contributed by atoms with van der Waals surface area (Å²) in [7, 11) is 0. The number of nitrogen functional groups attached to an aromatic ring is 1. The maximum atomic E-state index is 13.0. The second kappa shape index (κ2) is 6.48. The Morgan fingerprint density at radius 3 is 2.84 bits per heavy atom. The van der Waals surface area contributed by atoms with Crippen molar-refractivity contribution >= 4 is 33.1 Å². The van der Waals surface area contributed by atoms with Crippen LogP contribution < -0.4 is 5.73 Å². The molecule has 4 rings (SSSR count). The smallest absolute Gasteiger partial charge is 0.266 e. The topological polar surface area (TPSA) is 59.2 Å². The number of carbonyl (C=O) groups is 1. The van der Waals surface area contributed by atoms with Crippen molar-refractivity contribution in [1.82, 2.24) is 9.88 Å². The standard InChI is InChI=1S/C20H21N3OS/c1-2-5-15-8-9-16-17(21)18(25-19(16)22-15)20(24)23-11-10-13-6-3-4-7-14(13)12-23/h3-4,6-9H,2,5,10-12,21H2,1H3. The number of thiophene rings is 1. The maximum Gasteiger partial charge on any atom is 0.266 e. The third-order valence-electron chi connectivity index (χ3n) is 4.77. The van der Waals surface area contributed by atoms with E-state index in [4.69, 9.17) is 5.73 Å². The number of amides is 1. The Balaban J connectivity index is 1.65. The van der Waals surface area contributed by atoms with Gasteiger partial charge in [0.15, 0.2) is 0 Å². The van der Waals surface area contributed by atoms with Gasteiger partial charge in [0.05, 0.1) is 5.69 Å². The van der Waals surface area contributed by atoms with Crippen molar-refractivity contribution in [2.75, 3.05) is 12.3 Å². The molecule has 0 bridgehead atoms. The van der Waals surface area contributed by atoms with Gasteiger partial charge in [-0.2, -0.15) is 0 Å². The summed E-state index contributed by atoms with van der Waals surface area (Å²) in [5.74, 6) is 0.0204. The Bertz CT molecular complexity index is 947. The van der Waals surface area contributed by atoms with E-state index in [9.17, 15) is 4.79 Å². The number of hydrogen-bond acceptors (Lipinski definition) is 4. The van der Waals surface area contributed by atoms with Crippen LogP contribution in [0.3, 0.4) is 0 Å². The summed E-state index contributed by atoms with van der Waals surface area (Å²) >= 11 is 1.42. The van der Waals surface area contributed by atoms with Crippen molar-refractivity contribution in [1.29, 1.82) is 0 Å². The normalized spacial score (nSPS) is 13.9. The van der Waals surface area contributed by atoms with Crippen molar-refractivity contribution < 1.29 is 4.79 Å². The van der Waals surface area contributed by atoms with Crippen molar-refractivity contribution in [2.24, 2.45) is 0 Å². The quantitative estimate of drug-likeness (QED) is 0.775. The lowest BCUT2D eigenvalue weighted by atomic mass is 10.00. The van der Waals surface area contributed by atoms with Gasteiger partial charge in [-0.15, -0.1) is 11.3 Å². The van der Waals surface area contributed by atoms with E-state index in [2.05, 4.69) is 30.1 Å². The van der Waals surface area contributed by atoms with Crippen molar-refractivity contribution in [3.8, 4) is 0 Å². The highest BCUT2D eigenvalue weighted by molar-refractivity contribution is 7.21. The second-order valence-corrected chi connectivity index (χ2v) is 7.49. The molecule has 1 aliphatic rings. The molecule has 0 spiro atoms. The first kappa shape index (κ1) is 16.1. The number of fused-ring (bicyclic) bond motifs is 2. The largest absolute Gasteiger partial charge is 0.397 e. The van der Waals surface area contributed by atoms with E-state index in [0.29, 0.717) is 17.1 Å². The number of nitrogens with zero attached hydrogens (tertiary/aromatic N) is 2. The van der Waals surface area contributed by atoms with Crippen LogP contribution in [0.4, 0.5) is 5.69 Å². The number of aryl methyl sites for hydroxylation is 1. The summed E-state index contributed by atoms with van der Waals surface area (Å²) in [4.78, 5) is 21.1. The van der Waals surface area contributed by atoms with Crippen LogP contribution in [0.5, 0.6) is 0 Å². The monoisotopic (exact) mass is 351 g/mol. The van der Waals surface area contributed by atoms with Crippen molar-refractivity contribution in [3.63, 3.8) is 0 Å². The molecule has 0 saturated carbocycles. The number of hydrogen-bond donors (Lipinski definition) is 1. The minimum atomic E-state index is 0.0204. The molecule has 1 amide bonds. The number of benzene rings is 1. The van der Waals surface area contributed by atoms with Crippen molar-refractivity contribution in [2.45, 2.75) is 32.7 Å². The third kappa shape index (κ3) is 2.89. The highest BCUT2D eigenvalue weighted by Gasteiger charge is 2.25. The second-order valence-electron chi connectivity index (χ2n) is 6.50. The van der Waals surface area contributed by atoms with E-state index >= 15 is 0 Å². The Morgan fingerprint density at radius 1 is 1.24 bits per heavy atom. The third-order valence-corrected chi connectivity index (χ3v) is 5.87. The van der Waals surface area contributed by atoms with E-state index in [1.807, 2.05) is 23.1 Å². The molecular formula is C20H21N3OS. The summed E-state index contributed by atoms with van der Waals surface area (Å²) in [6.45, 7) is 3.52. The Hall–Kier alpha value is -2.40. The number of anilines is 1. The summed E-state index contributed by atoms with van der Waals surface area (Å²) in [6.07, 6.45) is 2.89. The average molecular weight is 351 g/mol. The van der Waals surface area contributed by atoms with E-state index in [-0.39, 0.29) is 5.91 Å². The van der Waals surface area contributed by atoms with Crippen LogP contribution in [0.25, 0.3) is 10.2 Å². The van der Waals surface area contributed by atoms with Gasteiger partial charge >= 0.3 is 0 Å². The van der Waals surface area contributed by atoms with Gasteiger partial charge in [-0.1, -0.05) is 37.6 Å².